The molecule has 0 saturated carbocycles. The van der Waals surface area contributed by atoms with Crippen molar-refractivity contribution in [3.05, 3.63) is 35.1 Å². The minimum absolute atomic E-state index is 0.548. The van der Waals surface area contributed by atoms with Crippen LogP contribution >= 0.6 is 0 Å². The Morgan fingerprint density at radius 1 is 1.47 bits per heavy atom. The minimum atomic E-state index is 0.548. The lowest BCUT2D eigenvalue weighted by Gasteiger charge is -2.15. The maximum Gasteiger partial charge on any atom is 0.121 e. The molecule has 0 spiro atoms. The van der Waals surface area contributed by atoms with Crippen molar-refractivity contribution >= 4 is 5.71 Å². The summed E-state index contributed by atoms with van der Waals surface area (Å²) in [6, 6.07) is 0. The first kappa shape index (κ1) is 12.1. The Morgan fingerprint density at radius 3 is 2.88 bits per heavy atom. The van der Waals surface area contributed by atoms with Crippen LogP contribution in [0, 0.1) is 11.3 Å². The summed E-state index contributed by atoms with van der Waals surface area (Å²) >= 11 is 0. The molecule has 1 aliphatic carbocycles. The third kappa shape index (κ3) is 3.07. The molecule has 1 aliphatic heterocycles. The van der Waals surface area contributed by atoms with Crippen molar-refractivity contribution in [1.29, 1.82) is 5.41 Å². The van der Waals surface area contributed by atoms with Crippen molar-refractivity contribution < 1.29 is 4.74 Å². The van der Waals surface area contributed by atoms with Gasteiger partial charge in [0.15, 0.2) is 0 Å². The van der Waals surface area contributed by atoms with E-state index in [-0.39, 0.29) is 0 Å². The smallest absolute Gasteiger partial charge is 0.121 e. The summed E-state index contributed by atoms with van der Waals surface area (Å²) in [5.74, 6) is 1.43. The van der Waals surface area contributed by atoms with Crippen LogP contribution in [0.4, 0.5) is 0 Å². The average Bonchev–Trinajstić information content (AvgIpc) is 2.78. The largest absolute Gasteiger partial charge is 0.493 e. The van der Waals surface area contributed by atoms with Gasteiger partial charge in [-0.15, -0.1) is 0 Å². The molecule has 0 aromatic heterocycles. The van der Waals surface area contributed by atoms with Crippen LogP contribution in [0.3, 0.4) is 0 Å². The normalized spacial score (nSPS) is 23.9. The average molecular weight is 232 g/mol. The van der Waals surface area contributed by atoms with Gasteiger partial charge in [-0.1, -0.05) is 5.57 Å². The summed E-state index contributed by atoms with van der Waals surface area (Å²) < 4.78 is 5.74. The van der Waals surface area contributed by atoms with Crippen molar-refractivity contribution in [3.8, 4) is 0 Å². The Balaban J connectivity index is 1.91. The SMILES string of the molecule is CC(C)=C1C=CC(OCC2CCNC2)=CC1=N. The highest BCUT2D eigenvalue weighted by Crippen LogP contribution is 2.18. The summed E-state index contributed by atoms with van der Waals surface area (Å²) in [6.45, 7) is 6.95. The second-order valence-electron chi connectivity index (χ2n) is 4.88. The number of hydrogen-bond acceptors (Lipinski definition) is 3. The van der Waals surface area contributed by atoms with E-state index in [1.54, 1.807) is 0 Å². The van der Waals surface area contributed by atoms with Gasteiger partial charge in [-0.3, -0.25) is 0 Å². The zero-order valence-corrected chi connectivity index (χ0v) is 10.5. The van der Waals surface area contributed by atoms with Crippen LogP contribution in [0.1, 0.15) is 20.3 Å². The van der Waals surface area contributed by atoms with Gasteiger partial charge in [0.25, 0.3) is 0 Å². The summed E-state index contributed by atoms with van der Waals surface area (Å²) in [4.78, 5) is 0. The fourth-order valence-corrected chi connectivity index (χ4v) is 2.12. The summed E-state index contributed by atoms with van der Waals surface area (Å²) in [5, 5.41) is 11.2. The standard InChI is InChI=1S/C14H20N2O/c1-10(2)13-4-3-12(7-14(13)15)17-9-11-5-6-16-8-11/h3-4,7,11,15-16H,5-6,8-9H2,1-2H3. The molecule has 3 heteroatoms. The predicted octanol–water partition coefficient (Wildman–Crippen LogP) is 2.42. The van der Waals surface area contributed by atoms with Crippen LogP contribution in [0.2, 0.25) is 0 Å². The van der Waals surface area contributed by atoms with Gasteiger partial charge in [-0.2, -0.15) is 0 Å². The van der Waals surface area contributed by atoms with Crippen molar-refractivity contribution in [2.45, 2.75) is 20.3 Å². The van der Waals surface area contributed by atoms with E-state index in [0.29, 0.717) is 11.6 Å². The van der Waals surface area contributed by atoms with E-state index < -0.39 is 0 Å². The highest BCUT2D eigenvalue weighted by atomic mass is 16.5. The highest BCUT2D eigenvalue weighted by molar-refractivity contribution is 6.10. The number of allylic oxidation sites excluding steroid dienone is 5. The second kappa shape index (κ2) is 5.32. The molecule has 3 nitrogen and oxygen atoms in total. The Bertz CT molecular complexity index is 394. The number of ether oxygens (including phenoxy) is 1. The minimum Gasteiger partial charge on any atom is -0.493 e. The van der Waals surface area contributed by atoms with Crippen LogP contribution < -0.4 is 5.32 Å². The van der Waals surface area contributed by atoms with E-state index >= 15 is 0 Å². The first-order chi connectivity index (χ1) is 8.16. The van der Waals surface area contributed by atoms with Crippen molar-refractivity contribution in [2.75, 3.05) is 19.7 Å². The molecule has 1 atom stereocenters. The van der Waals surface area contributed by atoms with E-state index in [0.717, 1.165) is 31.0 Å². The molecule has 1 unspecified atom stereocenters. The van der Waals surface area contributed by atoms with Crippen LogP contribution in [0.15, 0.2) is 35.1 Å². The molecule has 1 fully saturated rings. The van der Waals surface area contributed by atoms with Crippen LogP contribution in [-0.2, 0) is 4.74 Å². The van der Waals surface area contributed by atoms with Crippen LogP contribution in [-0.4, -0.2) is 25.4 Å². The fourth-order valence-electron chi connectivity index (χ4n) is 2.12. The van der Waals surface area contributed by atoms with Crippen LogP contribution in [0.25, 0.3) is 0 Å². The van der Waals surface area contributed by atoms with E-state index in [4.69, 9.17) is 10.1 Å². The molecule has 2 N–H and O–H groups in total. The van der Waals surface area contributed by atoms with Gasteiger partial charge < -0.3 is 15.5 Å². The van der Waals surface area contributed by atoms with E-state index in [9.17, 15) is 0 Å². The molecule has 0 aromatic rings. The molecule has 0 aromatic carbocycles. The third-order valence-corrected chi connectivity index (χ3v) is 3.18. The molecular weight excluding hydrogens is 212 g/mol. The highest BCUT2D eigenvalue weighted by Gasteiger charge is 2.16. The lowest BCUT2D eigenvalue weighted by molar-refractivity contribution is 0.182. The lowest BCUT2D eigenvalue weighted by Crippen LogP contribution is -2.14. The van der Waals surface area contributed by atoms with Crippen molar-refractivity contribution in [2.24, 2.45) is 5.92 Å². The second-order valence-corrected chi connectivity index (χ2v) is 4.88. The summed E-state index contributed by atoms with van der Waals surface area (Å²) in [7, 11) is 0. The van der Waals surface area contributed by atoms with Crippen molar-refractivity contribution in [1.82, 2.24) is 5.32 Å². The first-order valence-electron chi connectivity index (χ1n) is 6.16. The lowest BCUT2D eigenvalue weighted by atomic mass is 10.0. The topological polar surface area (TPSA) is 45.1 Å². The number of hydrogen-bond donors (Lipinski definition) is 2. The molecule has 17 heavy (non-hydrogen) atoms. The Morgan fingerprint density at radius 2 is 2.29 bits per heavy atom. The molecule has 0 amide bonds. The summed E-state index contributed by atoms with van der Waals surface area (Å²) in [5.41, 5.74) is 2.72. The van der Waals surface area contributed by atoms with Gasteiger partial charge in [-0.05, 0) is 44.5 Å². The third-order valence-electron chi connectivity index (χ3n) is 3.18. The molecule has 0 radical (unpaired) electrons. The summed E-state index contributed by atoms with van der Waals surface area (Å²) in [6.07, 6.45) is 6.93. The maximum atomic E-state index is 7.92. The molecule has 2 rings (SSSR count). The first-order valence-corrected chi connectivity index (χ1v) is 6.16. The molecule has 0 bridgehead atoms. The van der Waals surface area contributed by atoms with Gasteiger partial charge in [-0.25, -0.2) is 0 Å². The zero-order valence-electron chi connectivity index (χ0n) is 10.5. The maximum absolute atomic E-state index is 7.92. The number of rotatable bonds is 3. The molecule has 92 valence electrons. The van der Waals surface area contributed by atoms with E-state index in [2.05, 4.69) is 5.32 Å². The molecule has 2 aliphatic rings. The fraction of sp³-hybridized carbons (Fsp3) is 0.500. The van der Waals surface area contributed by atoms with Crippen molar-refractivity contribution in [3.63, 3.8) is 0 Å². The van der Waals surface area contributed by atoms with Gasteiger partial charge in [0, 0.05) is 18.5 Å². The predicted molar refractivity (Wildman–Crippen MR) is 70.3 cm³/mol. The van der Waals surface area contributed by atoms with Crippen LogP contribution in [0.5, 0.6) is 0 Å². The van der Waals surface area contributed by atoms with E-state index in [1.165, 1.54) is 12.0 Å². The zero-order chi connectivity index (χ0) is 12.3. The van der Waals surface area contributed by atoms with Gasteiger partial charge in [0.2, 0.25) is 0 Å². The van der Waals surface area contributed by atoms with E-state index in [1.807, 2.05) is 32.1 Å². The Kier molecular flexibility index (Phi) is 3.79. The quantitative estimate of drug-likeness (QED) is 0.785. The van der Waals surface area contributed by atoms with Gasteiger partial charge in [0.05, 0.1) is 12.3 Å². The van der Waals surface area contributed by atoms with Gasteiger partial charge in [0.1, 0.15) is 5.76 Å². The number of nitrogens with one attached hydrogen (secondary N) is 2. The Hall–Kier alpha value is -1.35. The molecule has 1 saturated heterocycles. The molecule has 1 heterocycles. The molecular formula is C14H20N2O. The monoisotopic (exact) mass is 232 g/mol. The Labute approximate surface area is 103 Å². The van der Waals surface area contributed by atoms with Gasteiger partial charge >= 0.3 is 0 Å².